The molecule has 24 heavy (non-hydrogen) atoms. The second-order valence-corrected chi connectivity index (χ2v) is 5.57. The fourth-order valence-electron chi connectivity index (χ4n) is 2.97. The van der Waals surface area contributed by atoms with Crippen LogP contribution in [-0.4, -0.2) is 28.6 Å². The second-order valence-electron chi connectivity index (χ2n) is 5.57. The summed E-state index contributed by atoms with van der Waals surface area (Å²) >= 11 is 0. The highest BCUT2D eigenvalue weighted by atomic mass is 16.4. The molecule has 0 fully saturated rings. The van der Waals surface area contributed by atoms with Crippen LogP contribution in [0.5, 0.6) is 0 Å². The van der Waals surface area contributed by atoms with E-state index in [2.05, 4.69) is 5.32 Å². The van der Waals surface area contributed by atoms with Gasteiger partial charge in [-0.15, -0.1) is 0 Å². The van der Waals surface area contributed by atoms with Gasteiger partial charge in [-0.05, 0) is 11.6 Å². The first-order valence-electron chi connectivity index (χ1n) is 7.69. The molecule has 5 heteroatoms. The van der Waals surface area contributed by atoms with E-state index in [0.717, 1.165) is 11.1 Å². The maximum Gasteiger partial charge on any atom is 0.338 e. The molecular weight excluding hydrogens is 304 g/mol. The number of amides is 1. The fraction of sp³-hybridized carbons (Fsp3) is 0.158. The van der Waals surface area contributed by atoms with Crippen LogP contribution in [-0.2, 0) is 17.8 Å². The van der Waals surface area contributed by atoms with Gasteiger partial charge < -0.3 is 15.0 Å². The first-order chi connectivity index (χ1) is 11.6. The zero-order valence-electron chi connectivity index (χ0n) is 13.3. The molecule has 3 rings (SSSR count). The van der Waals surface area contributed by atoms with Crippen molar-refractivity contribution in [3.63, 3.8) is 0 Å². The molecule has 122 valence electrons. The number of likely N-dealkylation sites (N-methyl/N-ethyl adjacent to an activating group) is 1. The van der Waals surface area contributed by atoms with E-state index in [1.807, 2.05) is 53.1 Å². The molecule has 0 aliphatic carbocycles. The van der Waals surface area contributed by atoms with Gasteiger partial charge in [0.25, 0.3) is 0 Å². The molecule has 0 aliphatic rings. The summed E-state index contributed by atoms with van der Waals surface area (Å²) in [4.78, 5) is 23.7. The molecule has 0 radical (unpaired) electrons. The fourth-order valence-corrected chi connectivity index (χ4v) is 2.97. The molecule has 0 aliphatic heterocycles. The predicted molar refractivity (Wildman–Crippen MR) is 92.2 cm³/mol. The highest BCUT2D eigenvalue weighted by Gasteiger charge is 2.23. The monoisotopic (exact) mass is 322 g/mol. The molecule has 3 aromatic rings. The molecule has 0 atom stereocenters. The molecule has 5 nitrogen and oxygen atoms in total. The minimum Gasteiger partial charge on any atom is -0.478 e. The van der Waals surface area contributed by atoms with Crippen molar-refractivity contribution < 1.29 is 14.7 Å². The molecule has 0 spiro atoms. The number of nitrogens with one attached hydrogen (secondary N) is 1. The average Bonchev–Trinajstić information content (AvgIpc) is 2.89. The Labute approximate surface area is 139 Å². The van der Waals surface area contributed by atoms with E-state index in [4.69, 9.17) is 0 Å². The number of hydrogen-bond donors (Lipinski definition) is 2. The smallest absolute Gasteiger partial charge is 0.338 e. The molecule has 1 amide bonds. The van der Waals surface area contributed by atoms with Gasteiger partial charge in [0, 0.05) is 30.2 Å². The molecule has 0 bridgehead atoms. The summed E-state index contributed by atoms with van der Waals surface area (Å²) in [6.07, 6.45) is 0.0274. The van der Waals surface area contributed by atoms with Crippen molar-refractivity contribution in [2.75, 3.05) is 7.05 Å². The first kappa shape index (κ1) is 15.8. The summed E-state index contributed by atoms with van der Waals surface area (Å²) in [7, 11) is 1.55. The van der Waals surface area contributed by atoms with Gasteiger partial charge in [-0.25, -0.2) is 4.79 Å². The third kappa shape index (κ3) is 2.88. The average molecular weight is 322 g/mol. The number of aromatic nitrogens is 1. The number of carboxylic acid groups (broad SMARTS) is 1. The van der Waals surface area contributed by atoms with E-state index in [1.54, 1.807) is 13.1 Å². The molecule has 1 heterocycles. The molecule has 1 aromatic heterocycles. The largest absolute Gasteiger partial charge is 0.478 e. The molecule has 0 unspecified atom stereocenters. The van der Waals surface area contributed by atoms with E-state index >= 15 is 0 Å². The SMILES string of the molecule is CNC(=O)Cc1c(C(=O)O)c2ccccc2n1Cc1ccccc1. The van der Waals surface area contributed by atoms with Crippen molar-refractivity contribution in [1.82, 2.24) is 9.88 Å². The van der Waals surface area contributed by atoms with E-state index in [-0.39, 0.29) is 17.9 Å². The standard InChI is InChI=1S/C19H18N2O3/c1-20-17(22)11-16-18(19(23)24)14-9-5-6-10-15(14)21(16)12-13-7-3-2-4-8-13/h2-10H,11-12H2,1H3,(H,20,22)(H,23,24). The van der Waals surface area contributed by atoms with E-state index in [1.165, 1.54) is 0 Å². The third-order valence-corrected chi connectivity index (χ3v) is 4.08. The van der Waals surface area contributed by atoms with Gasteiger partial charge in [0.1, 0.15) is 0 Å². The summed E-state index contributed by atoms with van der Waals surface area (Å²) in [6, 6.07) is 17.1. The van der Waals surface area contributed by atoms with E-state index in [0.29, 0.717) is 17.6 Å². The summed E-state index contributed by atoms with van der Waals surface area (Å²) in [5, 5.41) is 12.9. The van der Waals surface area contributed by atoms with E-state index < -0.39 is 5.97 Å². The number of carboxylic acids is 1. The summed E-state index contributed by atoms with van der Waals surface area (Å²) in [6.45, 7) is 0.515. The molecule has 0 saturated heterocycles. The van der Waals surface area contributed by atoms with Gasteiger partial charge in [0.15, 0.2) is 0 Å². The normalized spacial score (nSPS) is 10.7. The van der Waals surface area contributed by atoms with Crippen LogP contribution in [0.1, 0.15) is 21.6 Å². The minimum atomic E-state index is -1.02. The number of carbonyl (C=O) groups excluding carboxylic acids is 1. The molecular formula is C19H18N2O3. The zero-order chi connectivity index (χ0) is 17.1. The van der Waals surface area contributed by atoms with Crippen molar-refractivity contribution in [2.45, 2.75) is 13.0 Å². The van der Waals surface area contributed by atoms with Gasteiger partial charge in [0.05, 0.1) is 12.0 Å². The Balaban J connectivity index is 2.22. The number of nitrogens with zero attached hydrogens (tertiary/aromatic N) is 1. The Kier molecular flexibility index (Phi) is 4.33. The lowest BCUT2D eigenvalue weighted by atomic mass is 10.1. The highest BCUT2D eigenvalue weighted by Crippen LogP contribution is 2.28. The van der Waals surface area contributed by atoms with Crippen molar-refractivity contribution in [2.24, 2.45) is 0 Å². The van der Waals surface area contributed by atoms with Crippen LogP contribution in [0.2, 0.25) is 0 Å². The number of carbonyl (C=O) groups is 2. The Hall–Kier alpha value is -3.08. The van der Waals surface area contributed by atoms with Gasteiger partial charge in [-0.3, -0.25) is 4.79 Å². The third-order valence-electron chi connectivity index (χ3n) is 4.08. The van der Waals surface area contributed by atoms with Crippen molar-refractivity contribution in [3.05, 3.63) is 71.4 Å². The van der Waals surface area contributed by atoms with Crippen LogP contribution in [0, 0.1) is 0 Å². The van der Waals surface area contributed by atoms with Gasteiger partial charge in [-0.1, -0.05) is 48.5 Å². The quantitative estimate of drug-likeness (QED) is 0.758. The highest BCUT2D eigenvalue weighted by molar-refractivity contribution is 6.06. The molecule has 2 aromatic carbocycles. The minimum absolute atomic E-state index is 0.0274. The lowest BCUT2D eigenvalue weighted by Crippen LogP contribution is -2.23. The van der Waals surface area contributed by atoms with Gasteiger partial charge >= 0.3 is 5.97 Å². The van der Waals surface area contributed by atoms with Crippen LogP contribution in [0.4, 0.5) is 0 Å². The Morgan fingerprint density at radius 3 is 2.38 bits per heavy atom. The lowest BCUT2D eigenvalue weighted by Gasteiger charge is -2.11. The number of fused-ring (bicyclic) bond motifs is 1. The predicted octanol–water partition coefficient (Wildman–Crippen LogP) is 2.68. The number of aromatic carboxylic acids is 1. The van der Waals surface area contributed by atoms with Crippen LogP contribution in [0.3, 0.4) is 0 Å². The Morgan fingerprint density at radius 1 is 1.04 bits per heavy atom. The Morgan fingerprint density at radius 2 is 1.71 bits per heavy atom. The van der Waals surface area contributed by atoms with Crippen LogP contribution >= 0.6 is 0 Å². The maximum atomic E-state index is 11.9. The molecule has 2 N–H and O–H groups in total. The van der Waals surface area contributed by atoms with Crippen molar-refractivity contribution in [3.8, 4) is 0 Å². The lowest BCUT2D eigenvalue weighted by molar-refractivity contribution is -0.120. The number of para-hydroxylation sites is 1. The Bertz CT molecular complexity index is 898. The number of hydrogen-bond acceptors (Lipinski definition) is 2. The second kappa shape index (κ2) is 6.58. The van der Waals surface area contributed by atoms with Crippen LogP contribution in [0.25, 0.3) is 10.9 Å². The summed E-state index contributed by atoms with van der Waals surface area (Å²) in [5.74, 6) is -1.23. The van der Waals surface area contributed by atoms with Crippen LogP contribution in [0.15, 0.2) is 54.6 Å². The summed E-state index contributed by atoms with van der Waals surface area (Å²) < 4.78 is 1.92. The number of benzene rings is 2. The number of rotatable bonds is 5. The van der Waals surface area contributed by atoms with E-state index in [9.17, 15) is 14.7 Å². The zero-order valence-corrected chi connectivity index (χ0v) is 13.3. The van der Waals surface area contributed by atoms with Gasteiger partial charge in [-0.2, -0.15) is 0 Å². The summed E-state index contributed by atoms with van der Waals surface area (Å²) in [5.41, 5.74) is 2.59. The topological polar surface area (TPSA) is 71.3 Å². The molecule has 0 saturated carbocycles. The van der Waals surface area contributed by atoms with Crippen LogP contribution < -0.4 is 5.32 Å². The van der Waals surface area contributed by atoms with Crippen molar-refractivity contribution in [1.29, 1.82) is 0 Å². The van der Waals surface area contributed by atoms with Crippen molar-refractivity contribution >= 4 is 22.8 Å². The maximum absolute atomic E-state index is 11.9. The first-order valence-corrected chi connectivity index (χ1v) is 7.69. The van der Waals surface area contributed by atoms with Gasteiger partial charge in [0.2, 0.25) is 5.91 Å².